The van der Waals surface area contributed by atoms with Crippen molar-refractivity contribution in [2.75, 3.05) is 13.1 Å². The van der Waals surface area contributed by atoms with Crippen LogP contribution in [0, 0.1) is 0 Å². The molecule has 1 saturated heterocycles. The van der Waals surface area contributed by atoms with E-state index in [9.17, 15) is 13.5 Å². The van der Waals surface area contributed by atoms with Gasteiger partial charge in [0, 0.05) is 22.0 Å². The van der Waals surface area contributed by atoms with Crippen molar-refractivity contribution in [1.29, 1.82) is 0 Å². The van der Waals surface area contributed by atoms with Crippen molar-refractivity contribution in [2.45, 2.75) is 17.4 Å². The first-order valence-corrected chi connectivity index (χ1v) is 8.07. The molecule has 0 saturated carbocycles. The third-order valence-electron chi connectivity index (χ3n) is 2.64. The van der Waals surface area contributed by atoms with E-state index in [1.807, 2.05) is 0 Å². The Morgan fingerprint density at radius 2 is 2.06 bits per heavy atom. The predicted octanol–water partition coefficient (Wildman–Crippen LogP) is 1.97. The maximum Gasteiger partial charge on any atom is 0.244 e. The van der Waals surface area contributed by atoms with E-state index >= 15 is 0 Å². The Balaban J connectivity index is 2.38. The van der Waals surface area contributed by atoms with Crippen LogP contribution in [-0.2, 0) is 10.0 Å². The van der Waals surface area contributed by atoms with Crippen LogP contribution in [0.15, 0.2) is 32.0 Å². The molecule has 0 bridgehead atoms. The van der Waals surface area contributed by atoms with Crippen molar-refractivity contribution < 1.29 is 13.5 Å². The lowest BCUT2D eigenvalue weighted by Crippen LogP contribution is -2.29. The molecule has 0 aliphatic carbocycles. The second-order valence-electron chi connectivity index (χ2n) is 3.88. The number of nitrogens with zero attached hydrogens (tertiary/aromatic N) is 1. The van der Waals surface area contributed by atoms with E-state index in [0.29, 0.717) is 17.4 Å². The molecule has 1 atom stereocenters. The van der Waals surface area contributed by atoms with Crippen molar-refractivity contribution in [1.82, 2.24) is 4.31 Å². The minimum atomic E-state index is -3.51. The molecule has 1 heterocycles. The average Bonchev–Trinajstić information content (AvgIpc) is 2.64. The van der Waals surface area contributed by atoms with Crippen molar-refractivity contribution in [2.24, 2.45) is 0 Å². The summed E-state index contributed by atoms with van der Waals surface area (Å²) in [7, 11) is -3.51. The fraction of sp³-hybridized carbons (Fsp3) is 0.400. The quantitative estimate of drug-likeness (QED) is 0.847. The van der Waals surface area contributed by atoms with Gasteiger partial charge in [-0.25, -0.2) is 8.42 Å². The first-order valence-electron chi connectivity index (χ1n) is 5.04. The van der Waals surface area contributed by atoms with E-state index in [1.165, 1.54) is 4.31 Å². The van der Waals surface area contributed by atoms with Crippen LogP contribution in [0.25, 0.3) is 0 Å². The highest BCUT2D eigenvalue weighted by atomic mass is 79.9. The number of sulfonamides is 1. The lowest BCUT2D eigenvalue weighted by molar-refractivity contribution is 0.189. The zero-order chi connectivity index (χ0) is 12.6. The summed E-state index contributed by atoms with van der Waals surface area (Å²) < 4.78 is 27.2. The van der Waals surface area contributed by atoms with Gasteiger partial charge >= 0.3 is 0 Å². The molecular weight excluding hydrogens is 374 g/mol. The zero-order valence-corrected chi connectivity index (χ0v) is 12.8. The van der Waals surface area contributed by atoms with Crippen LogP contribution in [0.4, 0.5) is 0 Å². The molecule has 0 radical (unpaired) electrons. The lowest BCUT2D eigenvalue weighted by Gasteiger charge is -2.16. The fourth-order valence-corrected chi connectivity index (χ4v) is 4.95. The van der Waals surface area contributed by atoms with Gasteiger partial charge in [0.15, 0.2) is 0 Å². The summed E-state index contributed by atoms with van der Waals surface area (Å²) >= 11 is 6.52. The van der Waals surface area contributed by atoms with Crippen LogP contribution in [0.5, 0.6) is 0 Å². The van der Waals surface area contributed by atoms with Crippen molar-refractivity contribution in [3.05, 3.63) is 27.1 Å². The molecule has 2 rings (SSSR count). The third-order valence-corrected chi connectivity index (χ3v) is 5.97. The molecule has 1 fully saturated rings. The van der Waals surface area contributed by atoms with Crippen molar-refractivity contribution in [3.8, 4) is 0 Å². The second kappa shape index (κ2) is 4.97. The molecule has 1 aliphatic rings. The van der Waals surface area contributed by atoms with Gasteiger partial charge in [0.2, 0.25) is 10.0 Å². The van der Waals surface area contributed by atoms with Gasteiger partial charge in [0.1, 0.15) is 0 Å². The molecule has 1 aliphatic heterocycles. The smallest absolute Gasteiger partial charge is 0.244 e. The molecule has 94 valence electrons. The van der Waals surface area contributed by atoms with Gasteiger partial charge in [-0.05, 0) is 40.5 Å². The number of aliphatic hydroxyl groups excluding tert-OH is 1. The average molecular weight is 385 g/mol. The number of rotatable bonds is 2. The number of hydrogen-bond acceptors (Lipinski definition) is 3. The SMILES string of the molecule is O=S(=O)(c1ccc(Br)cc1Br)N1CCC(O)C1. The number of hydrogen-bond donors (Lipinski definition) is 1. The van der Waals surface area contributed by atoms with Crippen molar-refractivity contribution >= 4 is 41.9 Å². The van der Waals surface area contributed by atoms with Crippen LogP contribution < -0.4 is 0 Å². The molecule has 17 heavy (non-hydrogen) atoms. The highest BCUT2D eigenvalue weighted by Gasteiger charge is 2.32. The van der Waals surface area contributed by atoms with E-state index < -0.39 is 16.1 Å². The van der Waals surface area contributed by atoms with Gasteiger partial charge in [0.25, 0.3) is 0 Å². The largest absolute Gasteiger partial charge is 0.392 e. The van der Waals surface area contributed by atoms with Gasteiger partial charge in [-0.3, -0.25) is 0 Å². The first-order chi connectivity index (χ1) is 7.91. The van der Waals surface area contributed by atoms with E-state index in [-0.39, 0.29) is 11.4 Å². The fourth-order valence-electron chi connectivity index (χ4n) is 1.75. The molecule has 0 aromatic heterocycles. The minimum Gasteiger partial charge on any atom is -0.392 e. The van der Waals surface area contributed by atoms with Gasteiger partial charge in [-0.1, -0.05) is 15.9 Å². The van der Waals surface area contributed by atoms with E-state index in [4.69, 9.17) is 0 Å². The van der Waals surface area contributed by atoms with Gasteiger partial charge in [-0.2, -0.15) is 4.31 Å². The summed E-state index contributed by atoms with van der Waals surface area (Å²) in [6.45, 7) is 0.539. The first kappa shape index (κ1) is 13.5. The second-order valence-corrected chi connectivity index (χ2v) is 7.56. The predicted molar refractivity (Wildman–Crippen MR) is 71.2 cm³/mol. The lowest BCUT2D eigenvalue weighted by atomic mass is 10.3. The molecule has 4 nitrogen and oxygen atoms in total. The Morgan fingerprint density at radius 3 is 2.59 bits per heavy atom. The minimum absolute atomic E-state index is 0.171. The van der Waals surface area contributed by atoms with Crippen LogP contribution in [0.1, 0.15) is 6.42 Å². The Hall–Kier alpha value is 0.0500. The topological polar surface area (TPSA) is 57.6 Å². The molecular formula is C10H11Br2NO3S. The molecule has 1 N–H and O–H groups in total. The molecule has 0 amide bonds. The van der Waals surface area contributed by atoms with Crippen LogP contribution in [-0.4, -0.2) is 37.0 Å². The van der Waals surface area contributed by atoms with E-state index in [2.05, 4.69) is 31.9 Å². The Kier molecular flexibility index (Phi) is 3.94. The van der Waals surface area contributed by atoms with Crippen LogP contribution in [0.2, 0.25) is 0 Å². The van der Waals surface area contributed by atoms with Crippen molar-refractivity contribution in [3.63, 3.8) is 0 Å². The number of β-amino-alcohol motifs (C(OH)–C–C–N with tert-alkyl or cyclic N) is 1. The molecule has 1 aromatic rings. The summed E-state index contributed by atoms with van der Waals surface area (Å²) in [6, 6.07) is 4.93. The van der Waals surface area contributed by atoms with Gasteiger partial charge in [0.05, 0.1) is 11.0 Å². The van der Waals surface area contributed by atoms with Gasteiger partial charge in [-0.15, -0.1) is 0 Å². The molecule has 0 spiro atoms. The highest BCUT2D eigenvalue weighted by Crippen LogP contribution is 2.29. The van der Waals surface area contributed by atoms with Crippen LogP contribution in [0.3, 0.4) is 0 Å². The zero-order valence-electron chi connectivity index (χ0n) is 8.81. The number of halogens is 2. The summed E-state index contributed by atoms with van der Waals surface area (Å²) in [6.07, 6.45) is -0.0631. The monoisotopic (exact) mass is 383 g/mol. The Bertz CT molecular complexity index is 532. The standard InChI is InChI=1S/C10H11Br2NO3S/c11-7-1-2-10(9(12)5-7)17(15,16)13-4-3-8(14)6-13/h1-2,5,8,14H,3-4,6H2. The van der Waals surface area contributed by atoms with Gasteiger partial charge < -0.3 is 5.11 Å². The Morgan fingerprint density at radius 1 is 1.35 bits per heavy atom. The summed E-state index contributed by atoms with van der Waals surface area (Å²) in [5.74, 6) is 0. The van der Waals surface area contributed by atoms with E-state index in [1.54, 1.807) is 18.2 Å². The van der Waals surface area contributed by atoms with Crippen LogP contribution >= 0.6 is 31.9 Å². The number of aliphatic hydroxyl groups is 1. The molecule has 7 heteroatoms. The molecule has 1 unspecified atom stereocenters. The third kappa shape index (κ3) is 2.73. The van der Waals surface area contributed by atoms with E-state index in [0.717, 1.165) is 4.47 Å². The number of benzene rings is 1. The Labute approximate surface area is 117 Å². The highest BCUT2D eigenvalue weighted by molar-refractivity contribution is 9.11. The maximum absolute atomic E-state index is 12.3. The molecule has 1 aromatic carbocycles. The summed E-state index contributed by atoms with van der Waals surface area (Å²) in [4.78, 5) is 0.231. The summed E-state index contributed by atoms with van der Waals surface area (Å²) in [5, 5.41) is 9.40. The summed E-state index contributed by atoms with van der Waals surface area (Å²) in [5.41, 5.74) is 0. The maximum atomic E-state index is 12.3. The normalized spacial score (nSPS) is 21.9.